The first kappa shape index (κ1) is 23.5. The van der Waals surface area contributed by atoms with Crippen molar-refractivity contribution in [1.29, 1.82) is 0 Å². The Hall–Kier alpha value is -4.26. The van der Waals surface area contributed by atoms with Crippen LogP contribution in [0.4, 0.5) is 5.69 Å². The first-order chi connectivity index (χ1) is 17.5. The SMILES string of the molecule is O=C(COC(=O)[C@H](Cc1ccccc1)N1C(=O)[C@H]2CC=CC[C@H]2C1=O)Nc1cccc2ccccc12. The number of amides is 3. The van der Waals surface area contributed by atoms with Crippen molar-refractivity contribution in [3.63, 3.8) is 0 Å². The highest BCUT2D eigenvalue weighted by molar-refractivity contribution is 6.08. The maximum absolute atomic E-state index is 13.2. The Bertz CT molecular complexity index is 1320. The van der Waals surface area contributed by atoms with Gasteiger partial charge in [0.15, 0.2) is 6.61 Å². The minimum Gasteiger partial charge on any atom is -0.454 e. The lowest BCUT2D eigenvalue weighted by Gasteiger charge is -2.25. The van der Waals surface area contributed by atoms with Gasteiger partial charge in [-0.25, -0.2) is 4.79 Å². The molecule has 7 nitrogen and oxygen atoms in total. The molecule has 0 unspecified atom stereocenters. The van der Waals surface area contributed by atoms with E-state index in [0.29, 0.717) is 18.5 Å². The molecule has 1 fully saturated rings. The Morgan fingerprint density at radius 3 is 2.22 bits per heavy atom. The average Bonchev–Trinajstić information content (AvgIpc) is 3.16. The van der Waals surface area contributed by atoms with Crippen molar-refractivity contribution in [3.05, 3.63) is 90.5 Å². The number of carbonyl (C=O) groups excluding carboxylic acids is 4. The molecule has 5 rings (SSSR count). The van der Waals surface area contributed by atoms with Crippen molar-refractivity contribution >= 4 is 40.2 Å². The molecule has 3 amide bonds. The van der Waals surface area contributed by atoms with Gasteiger partial charge in [0.1, 0.15) is 6.04 Å². The second-order valence-electron chi connectivity index (χ2n) is 9.09. The summed E-state index contributed by atoms with van der Waals surface area (Å²) >= 11 is 0. The third-order valence-corrected chi connectivity index (χ3v) is 6.81. The van der Waals surface area contributed by atoms with Crippen LogP contribution in [0, 0.1) is 11.8 Å². The summed E-state index contributed by atoms with van der Waals surface area (Å²) in [5, 5.41) is 4.62. The molecule has 182 valence electrons. The zero-order chi connectivity index (χ0) is 25.1. The van der Waals surface area contributed by atoms with Crippen LogP contribution in [0.5, 0.6) is 0 Å². The number of likely N-dealkylation sites (tertiary alicyclic amines) is 1. The van der Waals surface area contributed by atoms with Crippen LogP contribution in [0.1, 0.15) is 18.4 Å². The van der Waals surface area contributed by atoms with Gasteiger partial charge in [-0.05, 0) is 29.9 Å². The maximum atomic E-state index is 13.2. The molecule has 3 aromatic rings. The summed E-state index contributed by atoms with van der Waals surface area (Å²) in [6, 6.07) is 21.2. The average molecular weight is 483 g/mol. The fourth-order valence-corrected chi connectivity index (χ4v) is 5.00. The van der Waals surface area contributed by atoms with E-state index >= 15 is 0 Å². The molecule has 0 bridgehead atoms. The van der Waals surface area contributed by atoms with Gasteiger partial charge in [-0.1, -0.05) is 78.9 Å². The molecule has 7 heteroatoms. The van der Waals surface area contributed by atoms with Crippen LogP contribution in [-0.4, -0.2) is 41.2 Å². The molecule has 0 saturated carbocycles. The standard InChI is InChI=1S/C29H26N2O5/c32-26(30-24-16-8-12-20-11-4-5-13-21(20)24)18-36-29(35)25(17-19-9-2-1-3-10-19)31-27(33)22-14-6-7-15-23(22)28(31)34/h1-13,16,22-23,25H,14-15,17-18H2,(H,30,32)/t22-,23+,25-/m0/s1. The minimum atomic E-state index is -1.14. The number of benzene rings is 3. The Labute approximate surface area is 208 Å². The molecule has 0 aromatic heterocycles. The van der Waals surface area contributed by atoms with E-state index in [0.717, 1.165) is 21.2 Å². The fourth-order valence-electron chi connectivity index (χ4n) is 5.00. The van der Waals surface area contributed by atoms with Crippen LogP contribution in [0.25, 0.3) is 10.8 Å². The second-order valence-corrected chi connectivity index (χ2v) is 9.09. The number of fused-ring (bicyclic) bond motifs is 2. The lowest BCUT2D eigenvalue weighted by Crippen LogP contribution is -2.48. The molecule has 3 aromatic carbocycles. The Balaban J connectivity index is 1.31. The number of nitrogens with one attached hydrogen (secondary N) is 1. The van der Waals surface area contributed by atoms with Gasteiger partial charge >= 0.3 is 5.97 Å². The van der Waals surface area contributed by atoms with Crippen LogP contribution < -0.4 is 5.32 Å². The van der Waals surface area contributed by atoms with E-state index < -0.39 is 36.4 Å². The Kier molecular flexibility index (Phi) is 6.62. The number of hydrogen-bond acceptors (Lipinski definition) is 5. The molecule has 1 N–H and O–H groups in total. The molecule has 36 heavy (non-hydrogen) atoms. The Morgan fingerprint density at radius 2 is 1.50 bits per heavy atom. The van der Waals surface area contributed by atoms with Crippen molar-refractivity contribution in [2.45, 2.75) is 25.3 Å². The van der Waals surface area contributed by atoms with Crippen LogP contribution >= 0.6 is 0 Å². The first-order valence-corrected chi connectivity index (χ1v) is 12.0. The van der Waals surface area contributed by atoms with Crippen LogP contribution in [0.3, 0.4) is 0 Å². The van der Waals surface area contributed by atoms with Crippen LogP contribution in [-0.2, 0) is 30.3 Å². The quantitative estimate of drug-likeness (QED) is 0.313. The zero-order valence-electron chi connectivity index (χ0n) is 19.6. The lowest BCUT2D eigenvalue weighted by atomic mass is 9.85. The highest BCUT2D eigenvalue weighted by Gasteiger charge is 2.51. The van der Waals surface area contributed by atoms with Crippen LogP contribution in [0.15, 0.2) is 84.9 Å². The van der Waals surface area contributed by atoms with E-state index in [-0.39, 0.29) is 18.2 Å². The molecule has 3 atom stereocenters. The largest absolute Gasteiger partial charge is 0.454 e. The van der Waals surface area contributed by atoms with Gasteiger partial charge in [-0.15, -0.1) is 0 Å². The number of allylic oxidation sites excluding steroid dienone is 2. The summed E-state index contributed by atoms with van der Waals surface area (Å²) in [6.45, 7) is -0.530. The number of esters is 1. The zero-order valence-corrected chi connectivity index (χ0v) is 19.6. The molecule has 0 spiro atoms. The van der Waals surface area contributed by atoms with Crippen molar-refractivity contribution < 1.29 is 23.9 Å². The number of nitrogens with zero attached hydrogens (tertiary/aromatic N) is 1. The maximum Gasteiger partial charge on any atom is 0.330 e. The van der Waals surface area contributed by atoms with Gasteiger partial charge in [0.25, 0.3) is 5.91 Å². The van der Waals surface area contributed by atoms with E-state index in [1.165, 1.54) is 0 Å². The van der Waals surface area contributed by atoms with Crippen molar-refractivity contribution in [3.8, 4) is 0 Å². The normalized spacial score (nSPS) is 19.7. The highest BCUT2D eigenvalue weighted by Crippen LogP contribution is 2.36. The van der Waals surface area contributed by atoms with Gasteiger partial charge in [-0.3, -0.25) is 19.3 Å². The van der Waals surface area contributed by atoms with Gasteiger partial charge in [-0.2, -0.15) is 0 Å². The second kappa shape index (κ2) is 10.2. The summed E-state index contributed by atoms with van der Waals surface area (Å²) in [4.78, 5) is 53.3. The number of hydrogen-bond donors (Lipinski definition) is 1. The number of carbonyl (C=O) groups is 4. The van der Waals surface area contributed by atoms with Crippen molar-refractivity contribution in [2.75, 3.05) is 11.9 Å². The summed E-state index contributed by atoms with van der Waals surface area (Å²) in [5.74, 6) is -2.90. The van der Waals surface area contributed by atoms with Crippen molar-refractivity contribution in [1.82, 2.24) is 4.90 Å². The number of imide groups is 1. The predicted molar refractivity (Wildman–Crippen MR) is 135 cm³/mol. The highest BCUT2D eigenvalue weighted by atomic mass is 16.5. The van der Waals surface area contributed by atoms with E-state index in [1.807, 2.05) is 78.9 Å². The summed E-state index contributed by atoms with van der Waals surface area (Å²) in [6.07, 6.45) is 4.88. The Morgan fingerprint density at radius 1 is 0.861 bits per heavy atom. The summed E-state index contributed by atoms with van der Waals surface area (Å²) < 4.78 is 5.37. The topological polar surface area (TPSA) is 92.8 Å². The molecular weight excluding hydrogens is 456 g/mol. The van der Waals surface area contributed by atoms with E-state index in [2.05, 4.69) is 5.32 Å². The molecule has 0 radical (unpaired) electrons. The van der Waals surface area contributed by atoms with E-state index in [1.54, 1.807) is 6.07 Å². The summed E-state index contributed by atoms with van der Waals surface area (Å²) in [7, 11) is 0. The number of ether oxygens (including phenoxy) is 1. The fraction of sp³-hybridized carbons (Fsp3) is 0.241. The van der Waals surface area contributed by atoms with Gasteiger partial charge in [0.2, 0.25) is 11.8 Å². The molecule has 1 saturated heterocycles. The monoisotopic (exact) mass is 482 g/mol. The smallest absolute Gasteiger partial charge is 0.330 e. The van der Waals surface area contributed by atoms with Gasteiger partial charge < -0.3 is 10.1 Å². The van der Waals surface area contributed by atoms with Crippen molar-refractivity contribution in [2.24, 2.45) is 11.8 Å². The van der Waals surface area contributed by atoms with E-state index in [9.17, 15) is 19.2 Å². The summed E-state index contributed by atoms with van der Waals surface area (Å²) in [5.41, 5.74) is 1.39. The molecule has 1 aliphatic heterocycles. The van der Waals surface area contributed by atoms with E-state index in [4.69, 9.17) is 4.74 Å². The molecule has 1 aliphatic carbocycles. The molecule has 2 aliphatic rings. The number of rotatable bonds is 7. The number of anilines is 1. The van der Waals surface area contributed by atoms with Crippen LogP contribution in [0.2, 0.25) is 0 Å². The third kappa shape index (κ3) is 4.64. The first-order valence-electron chi connectivity index (χ1n) is 12.0. The van der Waals surface area contributed by atoms with Gasteiger partial charge in [0, 0.05) is 17.5 Å². The molecule has 1 heterocycles. The third-order valence-electron chi connectivity index (χ3n) is 6.81. The molecular formula is C29H26N2O5. The predicted octanol–water partition coefficient (Wildman–Crippen LogP) is 3.88. The minimum absolute atomic E-state index is 0.120. The van der Waals surface area contributed by atoms with Gasteiger partial charge in [0.05, 0.1) is 11.8 Å². The lowest BCUT2D eigenvalue weighted by molar-refractivity contribution is -0.159.